The van der Waals surface area contributed by atoms with Gasteiger partial charge in [0.05, 0.1) is 29.1 Å². The maximum Gasteiger partial charge on any atom is 0.417 e. The molecule has 2 N–H and O–H groups in total. The van der Waals surface area contributed by atoms with Crippen LogP contribution in [0.1, 0.15) is 42.4 Å². The molecule has 228 valence electrons. The molecule has 44 heavy (non-hydrogen) atoms. The first kappa shape index (κ1) is 30.5. The summed E-state index contributed by atoms with van der Waals surface area (Å²) >= 11 is 0. The van der Waals surface area contributed by atoms with Crippen molar-refractivity contribution in [2.75, 3.05) is 11.9 Å². The number of ketones is 1. The molecule has 0 aliphatic carbocycles. The topological polar surface area (TPSA) is 93.3 Å². The van der Waals surface area contributed by atoms with Gasteiger partial charge in [-0.05, 0) is 62.7 Å². The number of benzene rings is 2. The fraction of sp³-hybridized carbons (Fsp3) is 0.226. The standard InChI is InChI=1S/C31H27F5N6O2/c1-30(2,3)39-9-5-8-26(43)40-27-21(32)11-17(12-22(27)33)28(44)25-15-37-29-18(7-6-10-42(25)29)19-13-23-24(41(4)16-38-23)14-20(19)31(34,35)36/h5-8,10-16,39H,9H2,1-4H3,(H,40,43)/b8-5+. The van der Waals surface area contributed by atoms with E-state index in [1.54, 1.807) is 7.05 Å². The van der Waals surface area contributed by atoms with Gasteiger partial charge in [-0.2, -0.15) is 13.2 Å². The minimum atomic E-state index is -4.71. The minimum absolute atomic E-state index is 0.0224. The third kappa shape index (κ3) is 6.09. The molecule has 0 saturated heterocycles. The molecule has 0 saturated carbocycles. The highest BCUT2D eigenvalue weighted by atomic mass is 19.4. The average molecular weight is 611 g/mol. The minimum Gasteiger partial charge on any atom is -0.334 e. The number of rotatable bonds is 7. The normalized spacial score (nSPS) is 12.5. The number of carbonyl (C=O) groups is 2. The Morgan fingerprint density at radius 1 is 1.00 bits per heavy atom. The molecule has 3 aromatic heterocycles. The predicted octanol–water partition coefficient (Wildman–Crippen LogP) is 6.30. The number of pyridine rings is 1. The van der Waals surface area contributed by atoms with Crippen molar-refractivity contribution in [2.45, 2.75) is 32.5 Å². The first-order chi connectivity index (χ1) is 20.6. The van der Waals surface area contributed by atoms with E-state index in [1.165, 1.54) is 45.8 Å². The summed E-state index contributed by atoms with van der Waals surface area (Å²) in [5.74, 6) is -3.98. The average Bonchev–Trinajstić information content (AvgIpc) is 3.54. The zero-order valence-electron chi connectivity index (χ0n) is 24.1. The van der Waals surface area contributed by atoms with Crippen molar-refractivity contribution in [2.24, 2.45) is 7.05 Å². The molecule has 0 fully saturated rings. The Kier molecular flexibility index (Phi) is 7.85. The highest BCUT2D eigenvalue weighted by Crippen LogP contribution is 2.40. The molecule has 0 aliphatic heterocycles. The van der Waals surface area contributed by atoms with E-state index in [4.69, 9.17) is 0 Å². The Bertz CT molecular complexity index is 1930. The number of anilines is 1. The molecule has 0 unspecified atom stereocenters. The van der Waals surface area contributed by atoms with Crippen LogP contribution in [0.4, 0.5) is 27.6 Å². The molecular weight excluding hydrogens is 583 g/mol. The maximum atomic E-state index is 14.9. The first-order valence-electron chi connectivity index (χ1n) is 13.4. The van der Waals surface area contributed by atoms with Crippen LogP contribution in [-0.2, 0) is 18.0 Å². The summed E-state index contributed by atoms with van der Waals surface area (Å²) in [4.78, 5) is 33.9. The number of alkyl halides is 3. The van der Waals surface area contributed by atoms with Crippen molar-refractivity contribution in [1.82, 2.24) is 24.3 Å². The van der Waals surface area contributed by atoms with E-state index in [9.17, 15) is 31.5 Å². The van der Waals surface area contributed by atoms with E-state index < -0.39 is 40.8 Å². The third-order valence-corrected chi connectivity index (χ3v) is 6.80. The second kappa shape index (κ2) is 11.3. The van der Waals surface area contributed by atoms with Gasteiger partial charge < -0.3 is 15.2 Å². The van der Waals surface area contributed by atoms with Gasteiger partial charge in [0.15, 0.2) is 0 Å². The molecule has 0 atom stereocenters. The summed E-state index contributed by atoms with van der Waals surface area (Å²) in [6, 6.07) is 6.71. The van der Waals surface area contributed by atoms with E-state index in [2.05, 4.69) is 20.6 Å². The smallest absolute Gasteiger partial charge is 0.334 e. The van der Waals surface area contributed by atoms with Crippen LogP contribution in [0.25, 0.3) is 27.8 Å². The maximum absolute atomic E-state index is 14.9. The van der Waals surface area contributed by atoms with Gasteiger partial charge in [-0.15, -0.1) is 0 Å². The van der Waals surface area contributed by atoms with Crippen LogP contribution < -0.4 is 10.6 Å². The molecule has 0 spiro atoms. The van der Waals surface area contributed by atoms with Crippen LogP contribution in [-0.4, -0.2) is 42.7 Å². The van der Waals surface area contributed by atoms with Gasteiger partial charge in [-0.1, -0.05) is 6.08 Å². The molecule has 0 radical (unpaired) electrons. The summed E-state index contributed by atoms with van der Waals surface area (Å²) in [5, 5.41) is 5.26. The summed E-state index contributed by atoms with van der Waals surface area (Å²) in [6.07, 6.45) is 1.85. The second-order valence-corrected chi connectivity index (χ2v) is 11.2. The van der Waals surface area contributed by atoms with E-state index in [0.717, 1.165) is 30.5 Å². The number of amides is 1. The molecule has 0 bridgehead atoms. The van der Waals surface area contributed by atoms with Crippen LogP contribution in [0.3, 0.4) is 0 Å². The largest absolute Gasteiger partial charge is 0.417 e. The van der Waals surface area contributed by atoms with Crippen molar-refractivity contribution >= 4 is 34.1 Å². The zero-order chi connectivity index (χ0) is 32.0. The number of carbonyl (C=O) groups excluding carboxylic acids is 2. The molecule has 2 aromatic carbocycles. The van der Waals surface area contributed by atoms with Gasteiger partial charge in [0.25, 0.3) is 0 Å². The lowest BCUT2D eigenvalue weighted by Crippen LogP contribution is -2.35. The Balaban J connectivity index is 1.47. The van der Waals surface area contributed by atoms with Gasteiger partial charge in [-0.3, -0.25) is 14.0 Å². The van der Waals surface area contributed by atoms with Gasteiger partial charge >= 0.3 is 6.18 Å². The Morgan fingerprint density at radius 2 is 1.70 bits per heavy atom. The van der Waals surface area contributed by atoms with Crippen LogP contribution in [0, 0.1) is 11.6 Å². The highest BCUT2D eigenvalue weighted by molar-refractivity contribution is 6.09. The van der Waals surface area contributed by atoms with Gasteiger partial charge in [0, 0.05) is 42.5 Å². The fourth-order valence-electron chi connectivity index (χ4n) is 4.69. The molecule has 5 rings (SSSR count). The number of aromatic nitrogens is 4. The molecule has 5 aromatic rings. The Labute approximate surface area is 248 Å². The van der Waals surface area contributed by atoms with Crippen molar-refractivity contribution in [1.29, 1.82) is 0 Å². The number of hydrogen-bond donors (Lipinski definition) is 2. The summed E-state index contributed by atoms with van der Waals surface area (Å²) in [7, 11) is 1.58. The van der Waals surface area contributed by atoms with Crippen molar-refractivity contribution in [3.8, 4) is 11.1 Å². The molecule has 8 nitrogen and oxygen atoms in total. The first-order valence-corrected chi connectivity index (χ1v) is 13.4. The third-order valence-electron chi connectivity index (χ3n) is 6.80. The van der Waals surface area contributed by atoms with Gasteiger partial charge in [-0.25, -0.2) is 18.7 Å². The second-order valence-electron chi connectivity index (χ2n) is 11.2. The molecule has 3 heterocycles. The van der Waals surface area contributed by atoms with Crippen molar-refractivity contribution in [3.63, 3.8) is 0 Å². The van der Waals surface area contributed by atoms with Crippen LogP contribution in [0.15, 0.2) is 67.3 Å². The van der Waals surface area contributed by atoms with Crippen LogP contribution in [0.5, 0.6) is 0 Å². The van der Waals surface area contributed by atoms with Gasteiger partial charge in [0.1, 0.15) is 28.7 Å². The number of nitrogens with one attached hydrogen (secondary N) is 2. The Morgan fingerprint density at radius 3 is 2.36 bits per heavy atom. The molecule has 0 aliphatic rings. The molecule has 1 amide bonds. The van der Waals surface area contributed by atoms with E-state index >= 15 is 0 Å². The summed E-state index contributed by atoms with van der Waals surface area (Å²) < 4.78 is 75.0. The zero-order valence-corrected chi connectivity index (χ0v) is 24.1. The predicted molar refractivity (Wildman–Crippen MR) is 155 cm³/mol. The summed E-state index contributed by atoms with van der Waals surface area (Å²) in [6.45, 7) is 6.16. The highest BCUT2D eigenvalue weighted by Gasteiger charge is 2.35. The van der Waals surface area contributed by atoms with Crippen molar-refractivity contribution in [3.05, 3.63) is 95.7 Å². The van der Waals surface area contributed by atoms with E-state index in [1.807, 2.05) is 20.8 Å². The van der Waals surface area contributed by atoms with Crippen LogP contribution >= 0.6 is 0 Å². The monoisotopic (exact) mass is 610 g/mol. The number of fused-ring (bicyclic) bond motifs is 2. The lowest BCUT2D eigenvalue weighted by molar-refractivity contribution is -0.137. The van der Waals surface area contributed by atoms with Crippen LogP contribution in [0.2, 0.25) is 0 Å². The van der Waals surface area contributed by atoms with E-state index in [-0.39, 0.29) is 39.1 Å². The number of imidazole rings is 2. The quantitative estimate of drug-likeness (QED) is 0.128. The molecular formula is C31H27F5N6O2. The number of nitrogens with zero attached hydrogens (tertiary/aromatic N) is 4. The number of halogens is 5. The fourth-order valence-corrected chi connectivity index (χ4v) is 4.69. The van der Waals surface area contributed by atoms with E-state index in [0.29, 0.717) is 12.1 Å². The summed E-state index contributed by atoms with van der Waals surface area (Å²) in [5.41, 5.74) is -1.85. The molecule has 13 heteroatoms. The number of hydrogen-bond acceptors (Lipinski definition) is 5. The lowest BCUT2D eigenvalue weighted by atomic mass is 9.99. The number of aryl methyl sites for hydroxylation is 1. The van der Waals surface area contributed by atoms with Gasteiger partial charge in [0.2, 0.25) is 11.7 Å². The van der Waals surface area contributed by atoms with Crippen molar-refractivity contribution < 1.29 is 31.5 Å². The Hall–Kier alpha value is -4.91. The SMILES string of the molecule is Cn1cnc2cc(-c3cccn4c(C(=O)c5cc(F)c(NC(=O)/C=C/CNC(C)(C)C)c(F)c5)cnc34)c(C(F)(F)F)cc21. The lowest BCUT2D eigenvalue weighted by Gasteiger charge is -2.18.